The maximum absolute atomic E-state index is 11.9. The minimum Gasteiger partial charge on any atom is -0.350 e. The number of rotatable bonds is 5. The van der Waals surface area contributed by atoms with E-state index < -0.39 is 0 Å². The fraction of sp³-hybridized carbons (Fsp3) is 0.385. The van der Waals surface area contributed by atoms with Gasteiger partial charge < -0.3 is 11.1 Å². The van der Waals surface area contributed by atoms with E-state index in [9.17, 15) is 4.79 Å². The first-order chi connectivity index (χ1) is 9.39. The second-order valence-corrected chi connectivity index (χ2v) is 7.77. The Morgan fingerprint density at radius 2 is 2.20 bits per heavy atom. The second-order valence-electron chi connectivity index (χ2n) is 5.09. The molecule has 0 aromatic carbocycles. The van der Waals surface area contributed by atoms with E-state index in [1.54, 1.807) is 22.7 Å². The van der Waals surface area contributed by atoms with Gasteiger partial charge in [-0.2, -0.15) is 0 Å². The van der Waals surface area contributed by atoms with Crippen molar-refractivity contribution in [3.8, 4) is 9.88 Å². The normalized spacial score (nSPS) is 11.6. The van der Waals surface area contributed by atoms with Crippen LogP contribution in [-0.4, -0.2) is 23.0 Å². The molecule has 2 aromatic rings. The number of nitrogens with two attached hydrogens (primary N) is 1. The summed E-state index contributed by atoms with van der Waals surface area (Å²) in [6, 6.07) is 2.03. The molecule has 2 heterocycles. The number of carbonyl (C=O) groups excluding carboxylic acids is 1. The van der Waals surface area contributed by atoms with Crippen LogP contribution in [0.25, 0.3) is 9.88 Å². The van der Waals surface area contributed by atoms with Gasteiger partial charge in [-0.05, 0) is 35.8 Å². The van der Waals surface area contributed by atoms with E-state index in [2.05, 4.69) is 26.2 Å². The predicted octanol–water partition coefficient (Wildman–Crippen LogP) is 3.03. The summed E-state index contributed by atoms with van der Waals surface area (Å²) >= 11 is 6.62. The first kappa shape index (κ1) is 15.6. The molecule has 0 radical (unpaired) electrons. The van der Waals surface area contributed by atoms with Crippen LogP contribution in [0.3, 0.4) is 0 Å². The lowest BCUT2D eigenvalue weighted by Crippen LogP contribution is -2.49. The number of halogens is 1. The molecule has 0 spiro atoms. The molecule has 4 nitrogen and oxygen atoms in total. The molecule has 0 atom stereocenters. The number of amides is 1. The van der Waals surface area contributed by atoms with Crippen LogP contribution in [0.5, 0.6) is 0 Å². The van der Waals surface area contributed by atoms with Crippen molar-refractivity contribution in [2.45, 2.75) is 25.8 Å². The molecule has 3 N–H and O–H groups in total. The number of carbonyl (C=O) groups is 1. The van der Waals surface area contributed by atoms with Crippen molar-refractivity contribution in [3.63, 3.8) is 0 Å². The van der Waals surface area contributed by atoms with Gasteiger partial charge in [-0.15, -0.1) is 22.7 Å². The summed E-state index contributed by atoms with van der Waals surface area (Å²) in [7, 11) is 0. The minimum absolute atomic E-state index is 0.0512. The number of thiazole rings is 1. The molecule has 0 saturated heterocycles. The predicted molar refractivity (Wildman–Crippen MR) is 88.1 cm³/mol. The summed E-state index contributed by atoms with van der Waals surface area (Å²) in [5.74, 6) is -0.0512. The Hall–Kier alpha value is -0.760. The number of thiophene rings is 1. The highest BCUT2D eigenvalue weighted by molar-refractivity contribution is 9.10. The number of aromatic nitrogens is 1. The highest BCUT2D eigenvalue weighted by atomic mass is 79.9. The molecule has 108 valence electrons. The Morgan fingerprint density at radius 1 is 1.45 bits per heavy atom. The van der Waals surface area contributed by atoms with Crippen LogP contribution >= 0.6 is 38.6 Å². The molecule has 0 saturated carbocycles. The Bertz CT molecular complexity index is 606. The Morgan fingerprint density at radius 3 is 2.80 bits per heavy atom. The van der Waals surface area contributed by atoms with E-state index >= 15 is 0 Å². The molecule has 0 unspecified atom stereocenters. The topological polar surface area (TPSA) is 68.0 Å². The molecule has 20 heavy (non-hydrogen) atoms. The van der Waals surface area contributed by atoms with E-state index in [-0.39, 0.29) is 17.9 Å². The lowest BCUT2D eigenvalue weighted by molar-refractivity contribution is -0.121. The van der Waals surface area contributed by atoms with Crippen molar-refractivity contribution >= 4 is 44.5 Å². The molecule has 2 rings (SSSR count). The Kier molecular flexibility index (Phi) is 4.95. The molecule has 0 aliphatic carbocycles. The maximum atomic E-state index is 11.9. The van der Waals surface area contributed by atoms with Gasteiger partial charge in [0.05, 0.1) is 17.0 Å². The molecule has 2 aromatic heterocycles. The number of nitrogens with zero attached hydrogens (tertiary/aromatic N) is 1. The van der Waals surface area contributed by atoms with Gasteiger partial charge in [0.2, 0.25) is 5.91 Å². The molecule has 0 bridgehead atoms. The molecule has 0 aliphatic heterocycles. The van der Waals surface area contributed by atoms with Crippen molar-refractivity contribution < 1.29 is 4.79 Å². The molecule has 0 aliphatic rings. The van der Waals surface area contributed by atoms with Gasteiger partial charge in [0, 0.05) is 27.3 Å². The van der Waals surface area contributed by atoms with Gasteiger partial charge >= 0.3 is 0 Å². The zero-order valence-electron chi connectivity index (χ0n) is 11.3. The molecule has 0 fully saturated rings. The van der Waals surface area contributed by atoms with Gasteiger partial charge in [0.15, 0.2) is 0 Å². The molecule has 1 amide bonds. The van der Waals surface area contributed by atoms with Crippen LogP contribution in [-0.2, 0) is 11.2 Å². The van der Waals surface area contributed by atoms with Gasteiger partial charge in [-0.1, -0.05) is 0 Å². The minimum atomic E-state index is -0.380. The summed E-state index contributed by atoms with van der Waals surface area (Å²) in [4.78, 5) is 17.5. The van der Waals surface area contributed by atoms with Crippen LogP contribution in [0.2, 0.25) is 0 Å². The number of nitrogens with one attached hydrogen (secondary N) is 1. The van der Waals surface area contributed by atoms with Crippen LogP contribution in [0, 0.1) is 0 Å². The van der Waals surface area contributed by atoms with Gasteiger partial charge in [0.25, 0.3) is 0 Å². The fourth-order valence-corrected chi connectivity index (χ4v) is 3.89. The lowest BCUT2D eigenvalue weighted by Gasteiger charge is -2.23. The smallest absolute Gasteiger partial charge is 0.226 e. The Balaban J connectivity index is 2.01. The van der Waals surface area contributed by atoms with Gasteiger partial charge in [-0.25, -0.2) is 4.98 Å². The highest BCUT2D eigenvalue weighted by Gasteiger charge is 2.19. The van der Waals surface area contributed by atoms with Gasteiger partial charge in [-0.3, -0.25) is 4.79 Å². The Labute approximate surface area is 134 Å². The average molecular weight is 374 g/mol. The molecular weight excluding hydrogens is 358 g/mol. The third-order valence-corrected chi connectivity index (χ3v) is 5.41. The number of hydrogen-bond donors (Lipinski definition) is 2. The van der Waals surface area contributed by atoms with Gasteiger partial charge in [0.1, 0.15) is 5.01 Å². The summed E-state index contributed by atoms with van der Waals surface area (Å²) in [6.07, 6.45) is 0.284. The van der Waals surface area contributed by atoms with Crippen molar-refractivity contribution in [2.75, 3.05) is 6.54 Å². The second kappa shape index (κ2) is 6.34. The van der Waals surface area contributed by atoms with Crippen LogP contribution in [0.1, 0.15) is 19.5 Å². The zero-order valence-corrected chi connectivity index (χ0v) is 14.5. The first-order valence-electron chi connectivity index (χ1n) is 6.09. The summed E-state index contributed by atoms with van der Waals surface area (Å²) in [6.45, 7) is 4.21. The van der Waals surface area contributed by atoms with E-state index in [0.29, 0.717) is 6.54 Å². The SMILES string of the molecule is CC(C)(CN)NC(=O)Cc1csc(-c2cc(Br)cs2)n1. The largest absolute Gasteiger partial charge is 0.350 e. The van der Waals surface area contributed by atoms with Crippen molar-refractivity contribution in [2.24, 2.45) is 5.73 Å². The maximum Gasteiger partial charge on any atom is 0.226 e. The third-order valence-electron chi connectivity index (χ3n) is 2.66. The van der Waals surface area contributed by atoms with E-state index in [0.717, 1.165) is 20.1 Å². The first-order valence-corrected chi connectivity index (χ1v) is 8.65. The van der Waals surface area contributed by atoms with E-state index in [1.165, 1.54) is 0 Å². The van der Waals surface area contributed by atoms with Crippen LogP contribution in [0.4, 0.5) is 0 Å². The van der Waals surface area contributed by atoms with Crippen molar-refractivity contribution in [1.29, 1.82) is 0 Å². The van der Waals surface area contributed by atoms with Crippen LogP contribution in [0.15, 0.2) is 21.3 Å². The lowest BCUT2D eigenvalue weighted by atomic mass is 10.1. The molecular formula is C13H16BrN3OS2. The van der Waals surface area contributed by atoms with E-state index in [4.69, 9.17) is 5.73 Å². The fourth-order valence-electron chi connectivity index (χ4n) is 1.56. The summed E-state index contributed by atoms with van der Waals surface area (Å²) in [5, 5.41) is 7.80. The number of hydrogen-bond acceptors (Lipinski definition) is 5. The standard InChI is InChI=1S/C13H16BrN3OS2/c1-13(2,7-15)17-11(18)4-9-6-20-12(16-9)10-3-8(14)5-19-10/h3,5-6H,4,7,15H2,1-2H3,(H,17,18). The molecule has 7 heteroatoms. The average Bonchev–Trinajstić information content (AvgIpc) is 2.97. The van der Waals surface area contributed by atoms with E-state index in [1.807, 2.05) is 30.7 Å². The third kappa shape index (κ3) is 4.12. The quantitative estimate of drug-likeness (QED) is 0.845. The summed E-state index contributed by atoms with van der Waals surface area (Å²) < 4.78 is 1.05. The zero-order chi connectivity index (χ0) is 14.8. The summed E-state index contributed by atoms with van der Waals surface area (Å²) in [5.41, 5.74) is 6.01. The monoisotopic (exact) mass is 373 g/mol. The highest BCUT2D eigenvalue weighted by Crippen LogP contribution is 2.32. The van der Waals surface area contributed by atoms with Crippen molar-refractivity contribution in [3.05, 3.63) is 27.0 Å². The van der Waals surface area contributed by atoms with Crippen molar-refractivity contribution in [1.82, 2.24) is 10.3 Å². The van der Waals surface area contributed by atoms with Crippen LogP contribution < -0.4 is 11.1 Å².